The lowest BCUT2D eigenvalue weighted by Crippen LogP contribution is -2.40. The lowest BCUT2D eigenvalue weighted by molar-refractivity contribution is -0.131. The van der Waals surface area contributed by atoms with Crippen molar-refractivity contribution in [3.8, 4) is 0 Å². The number of pyridine rings is 1. The van der Waals surface area contributed by atoms with E-state index in [0.717, 1.165) is 48.2 Å². The van der Waals surface area contributed by atoms with Gasteiger partial charge in [-0.25, -0.2) is 0 Å². The fourth-order valence-corrected chi connectivity index (χ4v) is 3.43. The van der Waals surface area contributed by atoms with Crippen LogP contribution in [0.3, 0.4) is 0 Å². The monoisotopic (exact) mass is 335 g/mol. The standard InChI is InChI=1S/C19H21N5O/c20-15-3-5-18-14(12-15)2-4-16(22-18)13-19(25)23-10-6-17(7-11-23)24-9-1-8-21-24/h1-5,8-9,12,17H,6-7,10-11,13,20H2. The van der Waals surface area contributed by atoms with Crippen molar-refractivity contribution in [3.63, 3.8) is 0 Å². The number of fused-ring (bicyclic) bond motifs is 1. The lowest BCUT2D eigenvalue weighted by Gasteiger charge is -2.32. The van der Waals surface area contributed by atoms with Gasteiger partial charge in [0.25, 0.3) is 0 Å². The predicted octanol–water partition coefficient (Wildman–Crippen LogP) is 2.42. The molecule has 128 valence electrons. The molecule has 25 heavy (non-hydrogen) atoms. The summed E-state index contributed by atoms with van der Waals surface area (Å²) >= 11 is 0. The number of piperidine rings is 1. The van der Waals surface area contributed by atoms with E-state index in [2.05, 4.69) is 10.1 Å². The Morgan fingerprint density at radius 3 is 2.80 bits per heavy atom. The van der Waals surface area contributed by atoms with Gasteiger partial charge in [-0.15, -0.1) is 0 Å². The normalized spacial score (nSPS) is 15.6. The molecule has 1 fully saturated rings. The molecule has 2 aromatic heterocycles. The molecule has 1 aliphatic heterocycles. The first-order valence-corrected chi connectivity index (χ1v) is 8.61. The van der Waals surface area contributed by atoms with Crippen molar-refractivity contribution in [1.82, 2.24) is 19.7 Å². The number of amides is 1. The van der Waals surface area contributed by atoms with Crippen molar-refractivity contribution >= 4 is 22.5 Å². The van der Waals surface area contributed by atoms with Gasteiger partial charge in [0.1, 0.15) is 0 Å². The lowest BCUT2D eigenvalue weighted by atomic mass is 10.0. The molecule has 1 aromatic carbocycles. The van der Waals surface area contributed by atoms with Gasteiger partial charge in [-0.05, 0) is 43.2 Å². The second-order valence-electron chi connectivity index (χ2n) is 6.53. The molecular weight excluding hydrogens is 314 g/mol. The minimum Gasteiger partial charge on any atom is -0.399 e. The molecule has 4 rings (SSSR count). The summed E-state index contributed by atoms with van der Waals surface area (Å²) in [6, 6.07) is 11.9. The zero-order valence-corrected chi connectivity index (χ0v) is 14.0. The van der Waals surface area contributed by atoms with Gasteiger partial charge in [0.2, 0.25) is 5.91 Å². The number of rotatable bonds is 3. The van der Waals surface area contributed by atoms with Crippen LogP contribution in [0.2, 0.25) is 0 Å². The fraction of sp³-hybridized carbons (Fsp3) is 0.316. The molecule has 0 radical (unpaired) electrons. The van der Waals surface area contributed by atoms with E-state index in [1.807, 2.05) is 52.2 Å². The van der Waals surface area contributed by atoms with Crippen molar-refractivity contribution in [2.24, 2.45) is 0 Å². The Bertz CT molecular complexity index is 882. The molecule has 6 heteroatoms. The number of anilines is 1. The zero-order valence-electron chi connectivity index (χ0n) is 14.0. The summed E-state index contributed by atoms with van der Waals surface area (Å²) in [5, 5.41) is 5.30. The van der Waals surface area contributed by atoms with Crippen molar-refractivity contribution < 1.29 is 4.79 Å². The Labute approximate surface area is 146 Å². The molecule has 0 saturated carbocycles. The van der Waals surface area contributed by atoms with Crippen LogP contribution in [0, 0.1) is 0 Å². The third kappa shape index (κ3) is 3.33. The average Bonchev–Trinajstić information content (AvgIpc) is 3.17. The molecule has 0 unspecified atom stereocenters. The first-order chi connectivity index (χ1) is 12.2. The van der Waals surface area contributed by atoms with Crippen molar-refractivity contribution in [2.45, 2.75) is 25.3 Å². The van der Waals surface area contributed by atoms with E-state index >= 15 is 0 Å². The summed E-state index contributed by atoms with van der Waals surface area (Å²) < 4.78 is 2.00. The highest BCUT2D eigenvalue weighted by molar-refractivity contribution is 5.83. The van der Waals surface area contributed by atoms with E-state index in [-0.39, 0.29) is 5.91 Å². The van der Waals surface area contributed by atoms with E-state index < -0.39 is 0 Å². The van der Waals surface area contributed by atoms with Crippen LogP contribution in [0.1, 0.15) is 24.6 Å². The number of carbonyl (C=O) groups excluding carboxylic acids is 1. The number of nitrogen functional groups attached to an aromatic ring is 1. The molecule has 1 amide bonds. The minimum absolute atomic E-state index is 0.140. The summed E-state index contributed by atoms with van der Waals surface area (Å²) in [5.41, 5.74) is 8.19. The quantitative estimate of drug-likeness (QED) is 0.746. The molecule has 3 aromatic rings. The maximum absolute atomic E-state index is 12.6. The van der Waals surface area contributed by atoms with E-state index in [1.54, 1.807) is 6.20 Å². The van der Waals surface area contributed by atoms with Gasteiger partial charge in [-0.2, -0.15) is 5.10 Å². The van der Waals surface area contributed by atoms with Crippen molar-refractivity contribution in [1.29, 1.82) is 0 Å². The maximum Gasteiger partial charge on any atom is 0.228 e. The minimum atomic E-state index is 0.140. The van der Waals surface area contributed by atoms with Gasteiger partial charge in [0.15, 0.2) is 0 Å². The topological polar surface area (TPSA) is 77.0 Å². The van der Waals surface area contributed by atoms with Gasteiger partial charge in [-0.1, -0.05) is 6.07 Å². The first-order valence-electron chi connectivity index (χ1n) is 8.61. The first kappa shape index (κ1) is 15.6. The van der Waals surface area contributed by atoms with Crippen LogP contribution in [-0.4, -0.2) is 38.7 Å². The summed E-state index contributed by atoms with van der Waals surface area (Å²) in [4.78, 5) is 19.1. The third-order valence-corrected chi connectivity index (χ3v) is 4.82. The highest BCUT2D eigenvalue weighted by atomic mass is 16.2. The number of nitrogens with zero attached hydrogens (tertiary/aromatic N) is 4. The molecular formula is C19H21N5O. The molecule has 0 aliphatic carbocycles. The predicted molar refractivity (Wildman–Crippen MR) is 96.9 cm³/mol. The highest BCUT2D eigenvalue weighted by Gasteiger charge is 2.24. The van der Waals surface area contributed by atoms with Crippen LogP contribution >= 0.6 is 0 Å². The maximum atomic E-state index is 12.6. The summed E-state index contributed by atoms with van der Waals surface area (Å²) in [6.07, 6.45) is 6.02. The molecule has 3 heterocycles. The zero-order chi connectivity index (χ0) is 17.2. The molecule has 0 bridgehead atoms. The largest absolute Gasteiger partial charge is 0.399 e. The van der Waals surface area contributed by atoms with Crippen molar-refractivity contribution in [3.05, 3.63) is 54.5 Å². The number of hydrogen-bond donors (Lipinski definition) is 1. The fourth-order valence-electron chi connectivity index (χ4n) is 3.43. The van der Waals surface area contributed by atoms with Crippen LogP contribution in [0.5, 0.6) is 0 Å². The van der Waals surface area contributed by atoms with E-state index in [0.29, 0.717) is 12.5 Å². The number of nitrogens with two attached hydrogens (primary N) is 1. The molecule has 2 N–H and O–H groups in total. The van der Waals surface area contributed by atoms with Crippen LogP contribution < -0.4 is 5.73 Å². The van der Waals surface area contributed by atoms with E-state index in [1.165, 1.54) is 0 Å². The van der Waals surface area contributed by atoms with Crippen LogP contribution in [0.15, 0.2) is 48.8 Å². The molecule has 1 saturated heterocycles. The number of carbonyl (C=O) groups is 1. The smallest absolute Gasteiger partial charge is 0.228 e. The number of benzene rings is 1. The SMILES string of the molecule is Nc1ccc2nc(CC(=O)N3CCC(n4cccn4)CC3)ccc2c1. The Kier molecular flexibility index (Phi) is 4.09. The second kappa shape index (κ2) is 6.55. The second-order valence-corrected chi connectivity index (χ2v) is 6.53. The Balaban J connectivity index is 1.40. The van der Waals surface area contributed by atoms with Gasteiger partial charge in [0, 0.05) is 36.6 Å². The van der Waals surface area contributed by atoms with Gasteiger partial charge in [0.05, 0.1) is 23.7 Å². The molecule has 0 atom stereocenters. The molecule has 6 nitrogen and oxygen atoms in total. The van der Waals surface area contributed by atoms with Crippen LogP contribution in [0.25, 0.3) is 10.9 Å². The summed E-state index contributed by atoms with van der Waals surface area (Å²) in [7, 11) is 0. The highest BCUT2D eigenvalue weighted by Crippen LogP contribution is 2.22. The Hall–Kier alpha value is -2.89. The van der Waals surface area contributed by atoms with Crippen LogP contribution in [0.4, 0.5) is 5.69 Å². The Morgan fingerprint density at radius 2 is 2.04 bits per heavy atom. The van der Waals surface area contributed by atoms with Crippen LogP contribution in [-0.2, 0) is 11.2 Å². The van der Waals surface area contributed by atoms with Gasteiger partial charge in [-0.3, -0.25) is 14.5 Å². The molecule has 0 spiro atoms. The average molecular weight is 335 g/mol. The van der Waals surface area contributed by atoms with E-state index in [4.69, 9.17) is 5.73 Å². The summed E-state index contributed by atoms with van der Waals surface area (Å²) in [6.45, 7) is 1.54. The van der Waals surface area contributed by atoms with Gasteiger partial charge < -0.3 is 10.6 Å². The number of hydrogen-bond acceptors (Lipinski definition) is 4. The molecule has 1 aliphatic rings. The third-order valence-electron chi connectivity index (χ3n) is 4.82. The van der Waals surface area contributed by atoms with Gasteiger partial charge >= 0.3 is 0 Å². The van der Waals surface area contributed by atoms with Crippen molar-refractivity contribution in [2.75, 3.05) is 18.8 Å². The summed E-state index contributed by atoms with van der Waals surface area (Å²) in [5.74, 6) is 0.140. The van der Waals surface area contributed by atoms with E-state index in [9.17, 15) is 4.79 Å². The Morgan fingerprint density at radius 1 is 1.20 bits per heavy atom. The number of aromatic nitrogens is 3. The number of likely N-dealkylation sites (tertiary alicyclic amines) is 1.